The maximum atomic E-state index is 11.7. The lowest BCUT2D eigenvalue weighted by atomic mass is 9.96. The summed E-state index contributed by atoms with van der Waals surface area (Å²) in [5, 5.41) is 2.07. The second-order valence-electron chi connectivity index (χ2n) is 5.84. The Morgan fingerprint density at radius 3 is 2.96 bits per heavy atom. The third-order valence-electron chi connectivity index (χ3n) is 4.18. The molecule has 2 aromatic rings. The molecule has 1 aliphatic rings. The van der Waals surface area contributed by atoms with E-state index < -0.39 is 5.79 Å². The average Bonchev–Trinajstić information content (AvgIpc) is 2.88. The molecule has 0 aliphatic carbocycles. The van der Waals surface area contributed by atoms with Gasteiger partial charge in [-0.05, 0) is 37.5 Å². The Morgan fingerprint density at radius 2 is 2.25 bits per heavy atom. The molecule has 3 rings (SSSR count). The lowest BCUT2D eigenvalue weighted by Gasteiger charge is -2.36. The second-order valence-corrected chi connectivity index (χ2v) is 6.69. The Morgan fingerprint density at radius 1 is 1.46 bits per heavy atom. The number of aromatic nitrogens is 1. The zero-order valence-corrected chi connectivity index (χ0v) is 15.1. The van der Waals surface area contributed by atoms with E-state index >= 15 is 0 Å². The molecule has 1 aromatic heterocycles. The van der Waals surface area contributed by atoms with Gasteiger partial charge in [0.25, 0.3) is 5.79 Å². The molecule has 1 aliphatic heterocycles. The van der Waals surface area contributed by atoms with Gasteiger partial charge < -0.3 is 14.5 Å². The van der Waals surface area contributed by atoms with E-state index in [1.54, 1.807) is 6.07 Å². The minimum atomic E-state index is -1.12. The number of hydrogen-bond donors (Lipinski definition) is 1. The highest BCUT2D eigenvalue weighted by atomic mass is 35.5. The molecular weight excluding hydrogens is 349 g/mol. The van der Waals surface area contributed by atoms with Gasteiger partial charge in [-0.1, -0.05) is 35.4 Å². The van der Waals surface area contributed by atoms with Crippen LogP contribution in [0.5, 0.6) is 0 Å². The lowest BCUT2D eigenvalue weighted by Crippen LogP contribution is -2.39. The van der Waals surface area contributed by atoms with Gasteiger partial charge in [0.15, 0.2) is 0 Å². The number of hydrogen-bond acceptors (Lipinski definition) is 3. The fourth-order valence-electron chi connectivity index (χ4n) is 3.25. The third kappa shape index (κ3) is 3.06. The minimum absolute atomic E-state index is 0.383. The molecule has 128 valence electrons. The third-order valence-corrected chi connectivity index (χ3v) is 4.70. The number of allylic oxidation sites excluding steroid dienone is 2. The van der Waals surface area contributed by atoms with Gasteiger partial charge in [-0.2, -0.15) is 0 Å². The van der Waals surface area contributed by atoms with E-state index in [1.807, 2.05) is 25.1 Å². The number of aromatic amines is 1. The molecule has 0 radical (unpaired) electrons. The summed E-state index contributed by atoms with van der Waals surface area (Å²) in [6.07, 6.45) is 5.95. The Kier molecular flexibility index (Phi) is 4.90. The Hall–Kier alpha value is -1.49. The molecule has 0 saturated heterocycles. The zero-order valence-electron chi connectivity index (χ0n) is 13.6. The van der Waals surface area contributed by atoms with Crippen LogP contribution in [0.1, 0.15) is 37.9 Å². The number of nitrogens with one attached hydrogen (secondary N) is 1. The normalized spacial score (nSPS) is 20.5. The van der Waals surface area contributed by atoms with Crippen molar-refractivity contribution in [3.05, 3.63) is 45.6 Å². The van der Waals surface area contributed by atoms with Gasteiger partial charge in [-0.3, -0.25) is 4.79 Å². The highest BCUT2D eigenvalue weighted by molar-refractivity contribution is 6.38. The average molecular weight is 368 g/mol. The summed E-state index contributed by atoms with van der Waals surface area (Å²) in [6, 6.07) is 3.58. The molecule has 1 unspecified atom stereocenters. The van der Waals surface area contributed by atoms with Gasteiger partial charge in [0.2, 0.25) is 0 Å². The molecule has 2 heterocycles. The molecule has 0 bridgehead atoms. The molecule has 6 heteroatoms. The number of carbonyl (C=O) groups excluding carboxylic acids is 1. The molecule has 1 atom stereocenters. The summed E-state index contributed by atoms with van der Waals surface area (Å²) in [7, 11) is 0. The molecule has 0 fully saturated rings. The second kappa shape index (κ2) is 6.79. The van der Waals surface area contributed by atoms with Crippen LogP contribution in [0.3, 0.4) is 0 Å². The van der Waals surface area contributed by atoms with E-state index in [-0.39, 0.29) is 5.97 Å². The van der Waals surface area contributed by atoms with Crippen molar-refractivity contribution in [2.75, 3.05) is 6.61 Å². The van der Waals surface area contributed by atoms with Crippen molar-refractivity contribution in [1.29, 1.82) is 0 Å². The quantitative estimate of drug-likeness (QED) is 0.602. The monoisotopic (exact) mass is 367 g/mol. The van der Waals surface area contributed by atoms with Crippen molar-refractivity contribution in [1.82, 2.24) is 4.98 Å². The number of H-pyrrole nitrogens is 1. The van der Waals surface area contributed by atoms with Crippen molar-refractivity contribution in [2.24, 2.45) is 0 Å². The first kappa shape index (κ1) is 17.3. The fraction of sp³-hybridized carbons (Fsp3) is 0.389. The first-order valence-electron chi connectivity index (χ1n) is 7.91. The first-order valence-corrected chi connectivity index (χ1v) is 8.67. The largest absolute Gasteiger partial charge is 0.427 e. The molecule has 24 heavy (non-hydrogen) atoms. The molecule has 1 N–H and O–H groups in total. The van der Waals surface area contributed by atoms with Crippen LogP contribution in [-0.2, 0) is 26.5 Å². The molecular formula is C18H19Cl2NO3. The number of esters is 1. The molecule has 0 saturated carbocycles. The summed E-state index contributed by atoms with van der Waals surface area (Å²) >= 11 is 12.5. The van der Waals surface area contributed by atoms with E-state index in [2.05, 4.69) is 4.98 Å². The standard InChI is InChI=1S/C18H19Cl2NO3/c1-3-4-5-7-18(24-11(2)22)17-13(6-8-23-18)14-9-12(19)10-15(20)16(14)21-17/h3-4,9-10,21H,5-8H2,1-2H3. The maximum absolute atomic E-state index is 11.7. The Bertz CT molecular complexity index is 812. The zero-order chi connectivity index (χ0) is 17.3. The number of halogens is 2. The van der Waals surface area contributed by atoms with Crippen molar-refractivity contribution in [3.8, 4) is 0 Å². The van der Waals surface area contributed by atoms with Crippen molar-refractivity contribution in [3.63, 3.8) is 0 Å². The van der Waals surface area contributed by atoms with Gasteiger partial charge in [0, 0.05) is 23.8 Å². The number of benzene rings is 1. The minimum Gasteiger partial charge on any atom is -0.427 e. The summed E-state index contributed by atoms with van der Waals surface area (Å²) in [6.45, 7) is 3.81. The highest BCUT2D eigenvalue weighted by Gasteiger charge is 2.43. The summed E-state index contributed by atoms with van der Waals surface area (Å²) in [5.74, 6) is -1.50. The predicted molar refractivity (Wildman–Crippen MR) is 95.5 cm³/mol. The van der Waals surface area contributed by atoms with Gasteiger partial charge in [0.1, 0.15) is 0 Å². The van der Waals surface area contributed by atoms with Gasteiger partial charge >= 0.3 is 5.97 Å². The topological polar surface area (TPSA) is 51.3 Å². The SMILES string of the molecule is CC=CCCC1(OC(C)=O)OCCc2c1[nH]c1c(Cl)cc(Cl)cc21. The van der Waals surface area contributed by atoms with E-state index in [1.165, 1.54) is 6.92 Å². The van der Waals surface area contributed by atoms with Gasteiger partial charge in [0.05, 0.1) is 22.8 Å². The van der Waals surface area contributed by atoms with Crippen LogP contribution in [0.2, 0.25) is 10.0 Å². The predicted octanol–water partition coefficient (Wildman–Crippen LogP) is 5.12. The van der Waals surface area contributed by atoms with Gasteiger partial charge in [-0.25, -0.2) is 0 Å². The van der Waals surface area contributed by atoms with Crippen LogP contribution in [0.15, 0.2) is 24.3 Å². The Labute approximate surface area is 150 Å². The Balaban J connectivity index is 2.17. The van der Waals surface area contributed by atoms with E-state index in [4.69, 9.17) is 32.7 Å². The maximum Gasteiger partial charge on any atom is 0.305 e. The number of rotatable bonds is 4. The molecule has 1 aromatic carbocycles. The number of carbonyl (C=O) groups is 1. The number of ether oxygens (including phenoxy) is 2. The van der Waals surface area contributed by atoms with E-state index in [0.717, 1.165) is 28.6 Å². The molecule has 0 amide bonds. The van der Waals surface area contributed by atoms with Crippen LogP contribution >= 0.6 is 23.2 Å². The van der Waals surface area contributed by atoms with Crippen LogP contribution in [0.25, 0.3) is 10.9 Å². The van der Waals surface area contributed by atoms with Gasteiger partial charge in [-0.15, -0.1) is 0 Å². The fourth-order valence-corrected chi connectivity index (χ4v) is 3.79. The van der Waals surface area contributed by atoms with Crippen LogP contribution in [-0.4, -0.2) is 17.6 Å². The highest BCUT2D eigenvalue weighted by Crippen LogP contribution is 2.43. The van der Waals surface area contributed by atoms with Crippen LogP contribution in [0.4, 0.5) is 0 Å². The van der Waals surface area contributed by atoms with Crippen molar-refractivity contribution < 1.29 is 14.3 Å². The summed E-state index contributed by atoms with van der Waals surface area (Å²) < 4.78 is 11.6. The smallest absolute Gasteiger partial charge is 0.305 e. The van der Waals surface area contributed by atoms with E-state index in [9.17, 15) is 4.79 Å². The summed E-state index contributed by atoms with van der Waals surface area (Å²) in [5.41, 5.74) is 2.59. The van der Waals surface area contributed by atoms with E-state index in [0.29, 0.717) is 29.5 Å². The van der Waals surface area contributed by atoms with Crippen LogP contribution in [0, 0.1) is 0 Å². The molecule has 0 spiro atoms. The van der Waals surface area contributed by atoms with Crippen molar-refractivity contribution in [2.45, 2.75) is 38.9 Å². The molecule has 4 nitrogen and oxygen atoms in total. The van der Waals surface area contributed by atoms with Crippen molar-refractivity contribution >= 4 is 40.1 Å². The number of fused-ring (bicyclic) bond motifs is 3. The summed E-state index contributed by atoms with van der Waals surface area (Å²) in [4.78, 5) is 15.0. The lowest BCUT2D eigenvalue weighted by molar-refractivity contribution is -0.247. The van der Waals surface area contributed by atoms with Crippen LogP contribution < -0.4 is 0 Å². The first-order chi connectivity index (χ1) is 11.5.